The number of nitrogens with zero attached hydrogens (tertiary/aromatic N) is 1. The molecule has 0 amide bonds. The molecule has 0 aliphatic carbocycles. The van der Waals surface area contributed by atoms with E-state index in [9.17, 15) is 0 Å². The van der Waals surface area contributed by atoms with E-state index < -0.39 is 0 Å². The van der Waals surface area contributed by atoms with E-state index in [1.54, 1.807) is 0 Å². The molecule has 20 heavy (non-hydrogen) atoms. The molecule has 0 fully saturated rings. The van der Waals surface area contributed by atoms with Crippen molar-refractivity contribution in [2.75, 3.05) is 0 Å². The van der Waals surface area contributed by atoms with Gasteiger partial charge in [0.05, 0.1) is 11.0 Å². The highest BCUT2D eigenvalue weighted by atomic mass is 79.9. The Kier molecular flexibility index (Phi) is 3.79. The number of aromatic amines is 1. The summed E-state index contributed by atoms with van der Waals surface area (Å²) in [5, 5.41) is 2.44. The van der Waals surface area contributed by atoms with Crippen LogP contribution in [-0.4, -0.2) is 9.97 Å². The Morgan fingerprint density at radius 3 is 2.45 bits per heavy atom. The molecule has 98 valence electrons. The minimum atomic E-state index is 1.06. The van der Waals surface area contributed by atoms with Crippen molar-refractivity contribution in [1.82, 2.24) is 9.97 Å². The number of para-hydroxylation sites is 2. The van der Waals surface area contributed by atoms with E-state index in [1.165, 1.54) is 16.3 Å². The minimum absolute atomic E-state index is 1.06. The van der Waals surface area contributed by atoms with Gasteiger partial charge in [-0.2, -0.15) is 0 Å². The van der Waals surface area contributed by atoms with Gasteiger partial charge in [-0.3, -0.25) is 4.98 Å². The van der Waals surface area contributed by atoms with Crippen LogP contribution in [0.25, 0.3) is 21.8 Å². The second kappa shape index (κ2) is 5.88. The number of pyridine rings is 1. The molecule has 0 saturated carbocycles. The van der Waals surface area contributed by atoms with Crippen LogP contribution in [0, 0.1) is 0 Å². The van der Waals surface area contributed by atoms with Crippen molar-refractivity contribution in [3.63, 3.8) is 0 Å². The molecule has 0 aliphatic rings. The zero-order chi connectivity index (χ0) is 13.8. The van der Waals surface area contributed by atoms with Gasteiger partial charge in [0.25, 0.3) is 0 Å². The third-order valence-electron chi connectivity index (χ3n) is 3.05. The summed E-state index contributed by atoms with van der Waals surface area (Å²) in [5.74, 6) is 0. The number of nitrogens with one attached hydrogen (secondary N) is 1. The van der Waals surface area contributed by atoms with Crippen LogP contribution < -0.4 is 0 Å². The van der Waals surface area contributed by atoms with E-state index in [1.807, 2.05) is 48.8 Å². The van der Waals surface area contributed by atoms with Crippen LogP contribution in [0.5, 0.6) is 0 Å². The van der Waals surface area contributed by atoms with Gasteiger partial charge in [0.2, 0.25) is 0 Å². The van der Waals surface area contributed by atoms with Crippen LogP contribution in [0.2, 0.25) is 0 Å². The van der Waals surface area contributed by atoms with Gasteiger partial charge in [-0.1, -0.05) is 36.4 Å². The van der Waals surface area contributed by atoms with E-state index in [4.69, 9.17) is 0 Å². The number of halogens is 1. The predicted octanol–water partition coefficient (Wildman–Crippen LogP) is 5.17. The number of fused-ring (bicyclic) bond motifs is 2. The molecule has 0 aliphatic heterocycles. The fourth-order valence-electron chi connectivity index (χ4n) is 2.06. The molecular formula is C17H13BrN2. The Bertz CT molecular complexity index is 771. The molecule has 2 heterocycles. The number of rotatable bonds is 0. The van der Waals surface area contributed by atoms with E-state index >= 15 is 0 Å². The molecular weight excluding hydrogens is 312 g/mol. The number of hydrogen-bond acceptors (Lipinski definition) is 1. The summed E-state index contributed by atoms with van der Waals surface area (Å²) in [6, 6.07) is 20.3. The lowest BCUT2D eigenvalue weighted by atomic mass is 10.2. The minimum Gasteiger partial charge on any atom is -0.360 e. The summed E-state index contributed by atoms with van der Waals surface area (Å²) < 4.78 is 1.12. The SMILES string of the molecule is Brc1cccc2cc[nH]c12.c1ccc2ncccc2c1. The summed E-state index contributed by atoms with van der Waals surface area (Å²) in [5.41, 5.74) is 2.23. The Morgan fingerprint density at radius 2 is 1.60 bits per heavy atom. The average molecular weight is 325 g/mol. The first-order valence-corrected chi connectivity index (χ1v) is 7.15. The van der Waals surface area contributed by atoms with Crippen molar-refractivity contribution in [1.29, 1.82) is 0 Å². The van der Waals surface area contributed by atoms with Gasteiger partial charge in [0, 0.05) is 27.6 Å². The molecule has 4 aromatic rings. The smallest absolute Gasteiger partial charge is 0.0701 e. The lowest BCUT2D eigenvalue weighted by Gasteiger charge is -1.91. The van der Waals surface area contributed by atoms with E-state index in [-0.39, 0.29) is 0 Å². The summed E-state index contributed by atoms with van der Waals surface area (Å²) in [6.45, 7) is 0. The van der Waals surface area contributed by atoms with Crippen molar-refractivity contribution in [2.45, 2.75) is 0 Å². The van der Waals surface area contributed by atoms with Gasteiger partial charge in [-0.05, 0) is 40.2 Å². The van der Waals surface area contributed by atoms with Crippen LogP contribution in [0.3, 0.4) is 0 Å². The second-order valence-corrected chi connectivity index (χ2v) is 5.23. The predicted molar refractivity (Wildman–Crippen MR) is 87.7 cm³/mol. The number of benzene rings is 2. The zero-order valence-electron chi connectivity index (χ0n) is 10.8. The summed E-state index contributed by atoms with van der Waals surface area (Å²) in [4.78, 5) is 7.32. The Balaban J connectivity index is 0.000000121. The van der Waals surface area contributed by atoms with Gasteiger partial charge < -0.3 is 4.98 Å². The Labute approximate surface area is 125 Å². The van der Waals surface area contributed by atoms with Gasteiger partial charge in [0.15, 0.2) is 0 Å². The van der Waals surface area contributed by atoms with Gasteiger partial charge in [0.1, 0.15) is 0 Å². The van der Waals surface area contributed by atoms with Crippen molar-refractivity contribution in [3.05, 3.63) is 77.5 Å². The van der Waals surface area contributed by atoms with Crippen LogP contribution in [0.4, 0.5) is 0 Å². The number of H-pyrrole nitrogens is 1. The molecule has 1 N–H and O–H groups in total. The van der Waals surface area contributed by atoms with Crippen LogP contribution in [0.1, 0.15) is 0 Å². The maximum Gasteiger partial charge on any atom is 0.0701 e. The second-order valence-electron chi connectivity index (χ2n) is 4.38. The number of aromatic nitrogens is 2. The van der Waals surface area contributed by atoms with Crippen LogP contribution in [-0.2, 0) is 0 Å². The third-order valence-corrected chi connectivity index (χ3v) is 3.71. The van der Waals surface area contributed by atoms with Gasteiger partial charge in [-0.25, -0.2) is 0 Å². The van der Waals surface area contributed by atoms with Crippen molar-refractivity contribution in [3.8, 4) is 0 Å². The van der Waals surface area contributed by atoms with Gasteiger partial charge >= 0.3 is 0 Å². The highest BCUT2D eigenvalue weighted by molar-refractivity contribution is 9.10. The van der Waals surface area contributed by atoms with Crippen LogP contribution >= 0.6 is 15.9 Å². The molecule has 0 spiro atoms. The van der Waals surface area contributed by atoms with E-state index in [2.05, 4.69) is 50.2 Å². The first-order valence-electron chi connectivity index (χ1n) is 6.36. The molecule has 0 saturated heterocycles. The van der Waals surface area contributed by atoms with Crippen LogP contribution in [0.15, 0.2) is 77.5 Å². The maximum atomic E-state index is 4.18. The molecule has 0 radical (unpaired) electrons. The lowest BCUT2D eigenvalue weighted by Crippen LogP contribution is -1.73. The standard InChI is InChI=1S/C9H7N.C8H6BrN/c1-2-6-9-8(4-1)5-3-7-10-9;9-7-3-1-2-6-4-5-10-8(6)7/h1-7H;1-5,10H. The highest BCUT2D eigenvalue weighted by Crippen LogP contribution is 2.21. The molecule has 0 bridgehead atoms. The van der Waals surface area contributed by atoms with Crippen molar-refractivity contribution < 1.29 is 0 Å². The van der Waals surface area contributed by atoms with Crippen molar-refractivity contribution in [2.24, 2.45) is 0 Å². The fraction of sp³-hybridized carbons (Fsp3) is 0. The fourth-order valence-corrected chi connectivity index (χ4v) is 2.56. The molecule has 2 aromatic carbocycles. The monoisotopic (exact) mass is 324 g/mol. The molecule has 3 heteroatoms. The molecule has 2 aromatic heterocycles. The van der Waals surface area contributed by atoms with Gasteiger partial charge in [-0.15, -0.1) is 0 Å². The first kappa shape index (κ1) is 12.9. The molecule has 2 nitrogen and oxygen atoms in total. The Morgan fingerprint density at radius 1 is 0.800 bits per heavy atom. The van der Waals surface area contributed by atoms with E-state index in [0.717, 1.165) is 9.99 Å². The highest BCUT2D eigenvalue weighted by Gasteiger charge is 1.95. The first-order chi connectivity index (χ1) is 9.84. The zero-order valence-corrected chi connectivity index (χ0v) is 12.3. The molecule has 4 rings (SSSR count). The molecule has 0 atom stereocenters. The quantitative estimate of drug-likeness (QED) is 0.475. The number of hydrogen-bond donors (Lipinski definition) is 1. The summed E-state index contributed by atoms with van der Waals surface area (Å²) in [6.07, 6.45) is 3.75. The lowest BCUT2D eigenvalue weighted by molar-refractivity contribution is 1.41. The largest absolute Gasteiger partial charge is 0.360 e. The maximum absolute atomic E-state index is 4.18. The Hall–Kier alpha value is -2.13. The topological polar surface area (TPSA) is 28.7 Å². The summed E-state index contributed by atoms with van der Waals surface area (Å²) >= 11 is 3.44. The molecule has 0 unspecified atom stereocenters. The van der Waals surface area contributed by atoms with Crippen molar-refractivity contribution >= 4 is 37.7 Å². The van der Waals surface area contributed by atoms with E-state index in [0.29, 0.717) is 0 Å². The normalized spacial score (nSPS) is 10.2. The summed E-state index contributed by atoms with van der Waals surface area (Å²) in [7, 11) is 0. The average Bonchev–Trinajstić information content (AvgIpc) is 2.98. The third kappa shape index (κ3) is 2.73.